The van der Waals surface area contributed by atoms with Crippen molar-refractivity contribution in [3.05, 3.63) is 137 Å². The van der Waals surface area contributed by atoms with Crippen LogP contribution in [0.25, 0.3) is 33.4 Å². The van der Waals surface area contributed by atoms with Gasteiger partial charge in [0.05, 0.1) is 11.6 Å². The van der Waals surface area contributed by atoms with E-state index in [1.165, 1.54) is 18.2 Å². The third kappa shape index (κ3) is 5.77. The van der Waals surface area contributed by atoms with Crippen molar-refractivity contribution in [3.8, 4) is 45.2 Å². The number of nitrogens with zero attached hydrogens (tertiary/aromatic N) is 1. The molecule has 0 heterocycles. The molecule has 0 aliphatic heterocycles. The van der Waals surface area contributed by atoms with Crippen molar-refractivity contribution in [1.29, 1.82) is 5.26 Å². The van der Waals surface area contributed by atoms with Crippen molar-refractivity contribution in [2.75, 3.05) is 0 Å². The molecule has 0 bridgehead atoms. The van der Waals surface area contributed by atoms with Crippen LogP contribution in [-0.4, -0.2) is 0 Å². The maximum atomic E-state index is 15.1. The first-order valence-corrected chi connectivity index (χ1v) is 12.2. The van der Waals surface area contributed by atoms with Crippen LogP contribution in [0.2, 0.25) is 0 Å². The van der Waals surface area contributed by atoms with Crippen molar-refractivity contribution in [2.24, 2.45) is 0 Å². The van der Waals surface area contributed by atoms with Crippen LogP contribution >= 0.6 is 0 Å². The van der Waals surface area contributed by atoms with Crippen LogP contribution in [0.15, 0.2) is 84.9 Å². The van der Waals surface area contributed by atoms with Crippen molar-refractivity contribution >= 4 is 0 Å². The number of nitriles is 1. The Morgan fingerprint density at radius 1 is 0.512 bits per heavy atom. The Kier molecular flexibility index (Phi) is 7.63. The van der Waals surface area contributed by atoms with Crippen LogP contribution in [0.4, 0.5) is 39.5 Å². The molecule has 0 amide bonds. The van der Waals surface area contributed by atoms with Crippen LogP contribution in [0.1, 0.15) is 11.1 Å². The summed E-state index contributed by atoms with van der Waals surface area (Å²) in [5, 5.41) is 8.92. The molecule has 0 spiro atoms. The highest BCUT2D eigenvalue weighted by Crippen LogP contribution is 2.39. The van der Waals surface area contributed by atoms with E-state index in [1.807, 2.05) is 6.07 Å². The highest BCUT2D eigenvalue weighted by atomic mass is 19.3. The van der Waals surface area contributed by atoms with Crippen molar-refractivity contribution in [2.45, 2.75) is 6.11 Å². The lowest BCUT2D eigenvalue weighted by Gasteiger charge is -2.20. The molecule has 5 rings (SSSR count). The first-order chi connectivity index (χ1) is 20.4. The number of ether oxygens (including phenoxy) is 1. The minimum Gasteiger partial charge on any atom is -0.429 e. The van der Waals surface area contributed by atoms with E-state index in [4.69, 9.17) is 5.26 Å². The van der Waals surface area contributed by atoms with E-state index in [0.29, 0.717) is 28.8 Å². The monoisotopic (exact) mass is 599 g/mol. The molecule has 0 unspecified atom stereocenters. The fourth-order valence-corrected chi connectivity index (χ4v) is 4.38. The number of rotatable bonds is 6. The van der Waals surface area contributed by atoms with E-state index in [1.54, 1.807) is 30.3 Å². The number of hydrogen-bond donors (Lipinski definition) is 0. The van der Waals surface area contributed by atoms with Gasteiger partial charge in [-0.05, 0) is 58.7 Å². The number of benzene rings is 5. The second-order valence-corrected chi connectivity index (χ2v) is 9.21. The molecule has 0 N–H and O–H groups in total. The van der Waals surface area contributed by atoms with Crippen molar-refractivity contribution in [1.82, 2.24) is 0 Å². The predicted octanol–water partition coefficient (Wildman–Crippen LogP) is 9.66. The molecule has 0 saturated carbocycles. The van der Waals surface area contributed by atoms with Crippen LogP contribution in [-0.2, 0) is 6.11 Å². The Morgan fingerprint density at radius 3 is 1.51 bits per heavy atom. The summed E-state index contributed by atoms with van der Waals surface area (Å²) in [6.45, 7) is 0. The summed E-state index contributed by atoms with van der Waals surface area (Å²) in [6.07, 6.45) is -4.81. The zero-order valence-electron chi connectivity index (χ0n) is 21.3. The van der Waals surface area contributed by atoms with E-state index in [0.717, 1.165) is 12.1 Å². The van der Waals surface area contributed by atoms with Gasteiger partial charge in [0, 0.05) is 23.3 Å². The lowest BCUT2D eigenvalue weighted by molar-refractivity contribution is -0.189. The SMILES string of the molecule is N#Cc1ccc(-c2ccc(-c3ccc(-c4cc(F)c(C(F)(F)Oc5cc(F)c(F)c(F)c5)c(F)c4)c(F)c3)c(F)c2)cc1. The fourth-order valence-electron chi connectivity index (χ4n) is 4.38. The molecular weight excluding hydrogens is 585 g/mol. The van der Waals surface area contributed by atoms with E-state index in [-0.39, 0.29) is 23.3 Å². The van der Waals surface area contributed by atoms with Gasteiger partial charge in [-0.15, -0.1) is 0 Å². The van der Waals surface area contributed by atoms with Gasteiger partial charge in [0.15, 0.2) is 17.5 Å². The fraction of sp³-hybridized carbons (Fsp3) is 0.0312. The van der Waals surface area contributed by atoms with Gasteiger partial charge in [-0.3, -0.25) is 0 Å². The first-order valence-electron chi connectivity index (χ1n) is 12.2. The Morgan fingerprint density at radius 2 is 0.977 bits per heavy atom. The minimum absolute atomic E-state index is 0.000937. The van der Waals surface area contributed by atoms with Crippen molar-refractivity contribution < 1.29 is 44.3 Å². The molecule has 0 aliphatic rings. The first kappa shape index (κ1) is 29.3. The van der Waals surface area contributed by atoms with Gasteiger partial charge in [0.2, 0.25) is 0 Å². The molecule has 0 atom stereocenters. The highest BCUT2D eigenvalue weighted by Gasteiger charge is 2.41. The van der Waals surface area contributed by atoms with Crippen molar-refractivity contribution in [3.63, 3.8) is 0 Å². The molecule has 0 radical (unpaired) electrons. The standard InChI is InChI=1S/C32H14F9NO/c33-24-9-18(17-3-1-16(15-42)2-4-17)5-7-22(24)19-6-8-23(25(34)10-19)20-11-26(35)30(27(36)12-20)32(40,41)43-21-13-28(37)31(39)29(38)14-21/h1-14H. The molecule has 2 nitrogen and oxygen atoms in total. The summed E-state index contributed by atoms with van der Waals surface area (Å²) in [4.78, 5) is 0. The van der Waals surface area contributed by atoms with E-state index < -0.39 is 69.3 Å². The molecule has 5 aromatic rings. The summed E-state index contributed by atoms with van der Waals surface area (Å²) in [5.41, 5.74) is -1.23. The van der Waals surface area contributed by atoms with E-state index >= 15 is 4.39 Å². The van der Waals surface area contributed by atoms with Gasteiger partial charge < -0.3 is 4.74 Å². The van der Waals surface area contributed by atoms with E-state index in [9.17, 15) is 35.1 Å². The molecule has 0 fully saturated rings. The zero-order chi connectivity index (χ0) is 31.1. The average molecular weight is 599 g/mol. The third-order valence-electron chi connectivity index (χ3n) is 6.44. The minimum atomic E-state index is -4.81. The Balaban J connectivity index is 1.43. The number of alkyl halides is 2. The second kappa shape index (κ2) is 11.2. The summed E-state index contributed by atoms with van der Waals surface area (Å²) < 4.78 is 133. The van der Waals surface area contributed by atoms with Gasteiger partial charge >= 0.3 is 6.11 Å². The van der Waals surface area contributed by atoms with Crippen LogP contribution < -0.4 is 4.74 Å². The molecule has 216 valence electrons. The maximum absolute atomic E-state index is 15.1. The summed E-state index contributed by atoms with van der Waals surface area (Å²) in [7, 11) is 0. The van der Waals surface area contributed by atoms with Crippen LogP contribution in [0, 0.1) is 52.1 Å². The molecule has 43 heavy (non-hydrogen) atoms. The Labute approximate surface area is 237 Å². The molecule has 0 aliphatic carbocycles. The summed E-state index contributed by atoms with van der Waals surface area (Å²) in [6, 6.07) is 16.7. The molecule has 0 saturated heterocycles. The van der Waals surface area contributed by atoms with Gasteiger partial charge in [0.1, 0.15) is 34.6 Å². The molecular formula is C32H14F9NO. The lowest BCUT2D eigenvalue weighted by Crippen LogP contribution is -2.25. The maximum Gasteiger partial charge on any atom is 0.432 e. The lowest BCUT2D eigenvalue weighted by atomic mass is 9.96. The number of halogens is 9. The van der Waals surface area contributed by atoms with Gasteiger partial charge in [-0.2, -0.15) is 14.0 Å². The van der Waals surface area contributed by atoms with E-state index in [2.05, 4.69) is 4.74 Å². The Bertz CT molecular complexity index is 1870. The summed E-state index contributed by atoms with van der Waals surface area (Å²) >= 11 is 0. The predicted molar refractivity (Wildman–Crippen MR) is 138 cm³/mol. The number of hydrogen-bond acceptors (Lipinski definition) is 2. The van der Waals surface area contributed by atoms with Gasteiger partial charge in [-0.25, -0.2) is 30.7 Å². The normalized spacial score (nSPS) is 11.3. The van der Waals surface area contributed by atoms with Crippen LogP contribution in [0.3, 0.4) is 0 Å². The van der Waals surface area contributed by atoms with Crippen LogP contribution in [0.5, 0.6) is 5.75 Å². The quantitative estimate of drug-likeness (QED) is 0.144. The topological polar surface area (TPSA) is 33.0 Å². The largest absolute Gasteiger partial charge is 0.432 e. The molecule has 5 aromatic carbocycles. The van der Waals surface area contributed by atoms with Gasteiger partial charge in [-0.1, -0.05) is 36.4 Å². The smallest absolute Gasteiger partial charge is 0.429 e. The highest BCUT2D eigenvalue weighted by molar-refractivity contribution is 5.74. The zero-order valence-corrected chi connectivity index (χ0v) is 21.3. The van der Waals surface area contributed by atoms with Gasteiger partial charge in [0.25, 0.3) is 0 Å². The summed E-state index contributed by atoms with van der Waals surface area (Å²) in [5.74, 6) is -12.5. The molecule has 0 aromatic heterocycles. The Hall–Kier alpha value is -5.24. The third-order valence-corrected chi connectivity index (χ3v) is 6.44. The molecule has 11 heteroatoms. The average Bonchev–Trinajstić information content (AvgIpc) is 2.95. The second-order valence-electron chi connectivity index (χ2n) is 9.21.